The standard InChI is InChI=1S/C14H24N4O/c1-4-18(9-12-7-6-8-15-12)13-11(3)14(19-5-2)17-10-16-13/h10,12,15H,4-9H2,1-3H3. The molecule has 1 fully saturated rings. The second-order valence-corrected chi connectivity index (χ2v) is 4.89. The van der Waals surface area contributed by atoms with Crippen LogP contribution in [0, 0.1) is 6.92 Å². The van der Waals surface area contributed by atoms with Gasteiger partial charge in [0.15, 0.2) is 0 Å². The van der Waals surface area contributed by atoms with Crippen LogP contribution in [0.3, 0.4) is 0 Å². The van der Waals surface area contributed by atoms with E-state index in [0.29, 0.717) is 18.5 Å². The van der Waals surface area contributed by atoms with E-state index in [0.717, 1.165) is 31.0 Å². The third kappa shape index (κ3) is 3.35. The van der Waals surface area contributed by atoms with Crippen molar-refractivity contribution in [1.29, 1.82) is 0 Å². The molecule has 5 nitrogen and oxygen atoms in total. The Morgan fingerprint density at radius 3 is 2.89 bits per heavy atom. The number of anilines is 1. The van der Waals surface area contributed by atoms with Crippen LogP contribution in [-0.2, 0) is 0 Å². The van der Waals surface area contributed by atoms with Crippen molar-refractivity contribution >= 4 is 5.82 Å². The molecule has 1 saturated heterocycles. The zero-order valence-electron chi connectivity index (χ0n) is 12.1. The van der Waals surface area contributed by atoms with Crippen molar-refractivity contribution in [1.82, 2.24) is 15.3 Å². The molecule has 19 heavy (non-hydrogen) atoms. The molecular weight excluding hydrogens is 240 g/mol. The van der Waals surface area contributed by atoms with Crippen LogP contribution in [0.15, 0.2) is 6.33 Å². The minimum absolute atomic E-state index is 0.574. The SMILES string of the molecule is CCOc1ncnc(N(CC)CC2CCCN2)c1C. The fourth-order valence-electron chi connectivity index (χ4n) is 2.57. The van der Waals surface area contributed by atoms with E-state index in [-0.39, 0.29) is 0 Å². The Balaban J connectivity index is 2.14. The van der Waals surface area contributed by atoms with Crippen molar-refractivity contribution in [2.45, 2.75) is 39.7 Å². The lowest BCUT2D eigenvalue weighted by Crippen LogP contribution is -2.38. The summed E-state index contributed by atoms with van der Waals surface area (Å²) in [5, 5.41) is 3.53. The molecule has 1 aliphatic rings. The van der Waals surface area contributed by atoms with E-state index >= 15 is 0 Å². The molecule has 1 aromatic heterocycles. The van der Waals surface area contributed by atoms with Gasteiger partial charge in [-0.1, -0.05) is 0 Å². The number of aromatic nitrogens is 2. The second-order valence-electron chi connectivity index (χ2n) is 4.89. The van der Waals surface area contributed by atoms with Crippen LogP contribution >= 0.6 is 0 Å². The summed E-state index contributed by atoms with van der Waals surface area (Å²) >= 11 is 0. The van der Waals surface area contributed by atoms with Gasteiger partial charge < -0.3 is 15.0 Å². The molecular formula is C14H24N4O. The highest BCUT2D eigenvalue weighted by atomic mass is 16.5. The fourth-order valence-corrected chi connectivity index (χ4v) is 2.57. The predicted molar refractivity (Wildman–Crippen MR) is 76.8 cm³/mol. The summed E-state index contributed by atoms with van der Waals surface area (Å²) in [6, 6.07) is 0.574. The zero-order valence-corrected chi connectivity index (χ0v) is 12.1. The van der Waals surface area contributed by atoms with E-state index in [1.807, 2.05) is 13.8 Å². The Bertz CT molecular complexity index is 404. The maximum Gasteiger partial charge on any atom is 0.221 e. The van der Waals surface area contributed by atoms with Crippen molar-refractivity contribution in [3.63, 3.8) is 0 Å². The van der Waals surface area contributed by atoms with Crippen molar-refractivity contribution in [3.8, 4) is 5.88 Å². The molecule has 0 aromatic carbocycles. The summed E-state index contributed by atoms with van der Waals surface area (Å²) < 4.78 is 5.55. The van der Waals surface area contributed by atoms with Gasteiger partial charge in [0.05, 0.1) is 12.2 Å². The third-order valence-corrected chi connectivity index (χ3v) is 3.58. The summed E-state index contributed by atoms with van der Waals surface area (Å²) in [5.41, 5.74) is 1.03. The first kappa shape index (κ1) is 14.1. The predicted octanol–water partition coefficient (Wildman–Crippen LogP) is 1.76. The summed E-state index contributed by atoms with van der Waals surface area (Å²) in [6.07, 6.45) is 4.12. The minimum Gasteiger partial charge on any atom is -0.478 e. The van der Waals surface area contributed by atoms with E-state index < -0.39 is 0 Å². The number of hydrogen-bond donors (Lipinski definition) is 1. The molecule has 0 amide bonds. The molecule has 2 rings (SSSR count). The van der Waals surface area contributed by atoms with Crippen molar-refractivity contribution in [3.05, 3.63) is 11.9 Å². The van der Waals surface area contributed by atoms with Gasteiger partial charge in [-0.05, 0) is 40.2 Å². The summed E-state index contributed by atoms with van der Waals surface area (Å²) in [4.78, 5) is 11.0. The number of rotatable bonds is 6. The normalized spacial score (nSPS) is 18.6. The topological polar surface area (TPSA) is 50.3 Å². The Labute approximate surface area is 115 Å². The average molecular weight is 264 g/mol. The third-order valence-electron chi connectivity index (χ3n) is 3.58. The van der Waals surface area contributed by atoms with E-state index in [4.69, 9.17) is 4.74 Å². The van der Waals surface area contributed by atoms with Crippen LogP contribution in [0.5, 0.6) is 5.88 Å². The van der Waals surface area contributed by atoms with Gasteiger partial charge >= 0.3 is 0 Å². The molecule has 1 aliphatic heterocycles. The number of ether oxygens (including phenoxy) is 1. The highest BCUT2D eigenvalue weighted by Crippen LogP contribution is 2.24. The molecule has 0 saturated carbocycles. The second kappa shape index (κ2) is 6.70. The monoisotopic (exact) mass is 264 g/mol. The maximum absolute atomic E-state index is 5.55. The first-order valence-electron chi connectivity index (χ1n) is 7.19. The number of hydrogen-bond acceptors (Lipinski definition) is 5. The Hall–Kier alpha value is -1.36. The highest BCUT2D eigenvalue weighted by Gasteiger charge is 2.20. The number of nitrogens with one attached hydrogen (secondary N) is 1. The molecule has 0 radical (unpaired) electrons. The molecule has 1 N–H and O–H groups in total. The van der Waals surface area contributed by atoms with E-state index in [9.17, 15) is 0 Å². The van der Waals surface area contributed by atoms with E-state index in [1.54, 1.807) is 6.33 Å². The van der Waals surface area contributed by atoms with Crippen LogP contribution in [0.1, 0.15) is 32.3 Å². The van der Waals surface area contributed by atoms with Gasteiger partial charge in [-0.3, -0.25) is 0 Å². The van der Waals surface area contributed by atoms with Gasteiger partial charge in [0.2, 0.25) is 5.88 Å². The molecule has 0 bridgehead atoms. The highest BCUT2D eigenvalue weighted by molar-refractivity contribution is 5.50. The fraction of sp³-hybridized carbons (Fsp3) is 0.714. The lowest BCUT2D eigenvalue weighted by Gasteiger charge is -2.27. The first-order valence-corrected chi connectivity index (χ1v) is 7.19. The molecule has 0 aliphatic carbocycles. The van der Waals surface area contributed by atoms with Gasteiger partial charge in [0.25, 0.3) is 0 Å². The largest absolute Gasteiger partial charge is 0.478 e. The van der Waals surface area contributed by atoms with Crippen LogP contribution in [0.25, 0.3) is 0 Å². The lowest BCUT2D eigenvalue weighted by molar-refractivity contribution is 0.323. The number of nitrogens with zero attached hydrogens (tertiary/aromatic N) is 3. The van der Waals surface area contributed by atoms with Crippen LogP contribution in [0.4, 0.5) is 5.82 Å². The van der Waals surface area contributed by atoms with Gasteiger partial charge in [0, 0.05) is 19.1 Å². The van der Waals surface area contributed by atoms with Crippen LogP contribution < -0.4 is 15.0 Å². The first-order chi connectivity index (χ1) is 9.26. The molecule has 106 valence electrons. The van der Waals surface area contributed by atoms with E-state index in [2.05, 4.69) is 27.1 Å². The summed E-state index contributed by atoms with van der Waals surface area (Å²) in [7, 11) is 0. The molecule has 1 unspecified atom stereocenters. The molecule has 1 atom stereocenters. The molecule has 0 spiro atoms. The Morgan fingerprint density at radius 2 is 2.26 bits per heavy atom. The van der Waals surface area contributed by atoms with Gasteiger partial charge in [-0.15, -0.1) is 0 Å². The van der Waals surface area contributed by atoms with Crippen molar-refractivity contribution in [2.24, 2.45) is 0 Å². The average Bonchev–Trinajstić information content (AvgIpc) is 2.92. The minimum atomic E-state index is 0.574. The smallest absolute Gasteiger partial charge is 0.221 e. The van der Waals surface area contributed by atoms with Gasteiger partial charge in [-0.2, -0.15) is 0 Å². The van der Waals surface area contributed by atoms with Gasteiger partial charge in [0.1, 0.15) is 12.1 Å². The molecule has 2 heterocycles. The number of likely N-dealkylation sites (N-methyl/N-ethyl adjacent to an activating group) is 1. The quantitative estimate of drug-likeness (QED) is 0.848. The van der Waals surface area contributed by atoms with Crippen LogP contribution in [-0.4, -0.2) is 42.3 Å². The van der Waals surface area contributed by atoms with Crippen LogP contribution in [0.2, 0.25) is 0 Å². The van der Waals surface area contributed by atoms with Crippen molar-refractivity contribution in [2.75, 3.05) is 31.1 Å². The van der Waals surface area contributed by atoms with Crippen molar-refractivity contribution < 1.29 is 4.74 Å². The Morgan fingerprint density at radius 1 is 1.42 bits per heavy atom. The summed E-state index contributed by atoms with van der Waals surface area (Å²) in [6.45, 7) is 9.88. The molecule has 1 aromatic rings. The summed E-state index contributed by atoms with van der Waals surface area (Å²) in [5.74, 6) is 1.69. The maximum atomic E-state index is 5.55. The van der Waals surface area contributed by atoms with E-state index in [1.165, 1.54) is 12.8 Å². The zero-order chi connectivity index (χ0) is 13.7. The van der Waals surface area contributed by atoms with Gasteiger partial charge in [-0.25, -0.2) is 9.97 Å². The Kier molecular flexibility index (Phi) is 4.96. The lowest BCUT2D eigenvalue weighted by atomic mass is 10.2. The molecule has 5 heteroatoms.